The third kappa shape index (κ3) is 4.32. The summed E-state index contributed by atoms with van der Waals surface area (Å²) < 4.78 is 43.6. The fourth-order valence-electron chi connectivity index (χ4n) is 3.51. The van der Waals surface area contributed by atoms with Crippen LogP contribution in [0.2, 0.25) is 0 Å². The molecule has 0 amide bonds. The van der Waals surface area contributed by atoms with E-state index in [0.717, 1.165) is 28.2 Å². The van der Waals surface area contributed by atoms with Gasteiger partial charge in [-0.1, -0.05) is 18.2 Å². The molecule has 1 unspecified atom stereocenters. The number of pyridine rings is 2. The van der Waals surface area contributed by atoms with Crippen molar-refractivity contribution in [3.05, 3.63) is 71.6 Å². The second-order valence-electron chi connectivity index (χ2n) is 7.15. The Balaban J connectivity index is 1.42. The Labute approximate surface area is 171 Å². The van der Waals surface area contributed by atoms with Crippen LogP contribution in [0, 0.1) is 5.92 Å². The van der Waals surface area contributed by atoms with Gasteiger partial charge in [0.1, 0.15) is 11.5 Å². The normalized spacial score (nSPS) is 16.5. The van der Waals surface area contributed by atoms with Crippen molar-refractivity contribution in [1.82, 2.24) is 15.0 Å². The lowest BCUT2D eigenvalue weighted by Crippen LogP contribution is -2.18. The highest BCUT2D eigenvalue weighted by Gasteiger charge is 2.32. The van der Waals surface area contributed by atoms with Crippen molar-refractivity contribution < 1.29 is 17.9 Å². The third-order valence-electron chi connectivity index (χ3n) is 5.11. The highest BCUT2D eigenvalue weighted by atomic mass is 19.4. The number of fused-ring (bicyclic) bond motifs is 1. The van der Waals surface area contributed by atoms with E-state index in [2.05, 4.69) is 20.3 Å². The zero-order valence-corrected chi connectivity index (χ0v) is 16.3. The number of allylic oxidation sites excluding steroid dienone is 3. The average Bonchev–Trinajstić information content (AvgIpc) is 3.15. The summed E-state index contributed by atoms with van der Waals surface area (Å²) in [6, 6.07) is 7.71. The molecule has 156 valence electrons. The number of hydrogen-bond donors (Lipinski definition) is 2. The molecule has 8 heteroatoms. The number of nitrogens with zero attached hydrogens (tertiary/aromatic N) is 2. The van der Waals surface area contributed by atoms with Crippen LogP contribution < -0.4 is 10.1 Å². The maximum atomic E-state index is 12.7. The van der Waals surface area contributed by atoms with Crippen LogP contribution in [0.25, 0.3) is 11.0 Å². The van der Waals surface area contributed by atoms with E-state index < -0.39 is 11.7 Å². The Kier molecular flexibility index (Phi) is 5.48. The van der Waals surface area contributed by atoms with Crippen LogP contribution >= 0.6 is 0 Å². The molecule has 2 N–H and O–H groups in total. The Morgan fingerprint density at radius 2 is 2.10 bits per heavy atom. The topological polar surface area (TPSA) is 62.8 Å². The van der Waals surface area contributed by atoms with Crippen molar-refractivity contribution in [1.29, 1.82) is 0 Å². The first-order valence-corrected chi connectivity index (χ1v) is 9.58. The zero-order chi connectivity index (χ0) is 21.1. The summed E-state index contributed by atoms with van der Waals surface area (Å²) in [6.45, 7) is 0.488. The van der Waals surface area contributed by atoms with E-state index in [1.165, 1.54) is 6.08 Å². The number of methoxy groups -OCH3 is 1. The Hall–Kier alpha value is -3.29. The molecule has 0 aromatic carbocycles. The van der Waals surface area contributed by atoms with E-state index in [-0.39, 0.29) is 5.92 Å². The van der Waals surface area contributed by atoms with Crippen LogP contribution in [-0.4, -0.2) is 34.8 Å². The molecule has 3 heterocycles. The van der Waals surface area contributed by atoms with Gasteiger partial charge in [-0.05, 0) is 42.2 Å². The molecule has 4 rings (SSSR count). The molecule has 0 saturated heterocycles. The highest BCUT2D eigenvalue weighted by molar-refractivity contribution is 5.79. The van der Waals surface area contributed by atoms with Gasteiger partial charge in [0.15, 0.2) is 0 Å². The highest BCUT2D eigenvalue weighted by Crippen LogP contribution is 2.31. The molecule has 0 radical (unpaired) electrons. The van der Waals surface area contributed by atoms with E-state index in [1.54, 1.807) is 19.4 Å². The molecule has 0 aliphatic heterocycles. The number of nitrogens with one attached hydrogen (secondary N) is 2. The molecule has 30 heavy (non-hydrogen) atoms. The summed E-state index contributed by atoms with van der Waals surface area (Å²) in [6.07, 6.45) is 4.32. The van der Waals surface area contributed by atoms with Crippen molar-refractivity contribution in [2.75, 3.05) is 19.0 Å². The number of ether oxygens (including phenoxy) is 1. The number of anilines is 1. The molecule has 0 fully saturated rings. The molecule has 0 spiro atoms. The van der Waals surface area contributed by atoms with Crippen molar-refractivity contribution in [2.45, 2.75) is 19.0 Å². The predicted molar refractivity (Wildman–Crippen MR) is 110 cm³/mol. The molecular weight excluding hydrogens is 393 g/mol. The van der Waals surface area contributed by atoms with Gasteiger partial charge in [0.05, 0.1) is 12.7 Å². The molecular formula is C22H21F3N4O. The first-order valence-electron chi connectivity index (χ1n) is 9.58. The summed E-state index contributed by atoms with van der Waals surface area (Å²) in [7, 11) is 1.57. The smallest absolute Gasteiger partial charge is 0.416 e. The Morgan fingerprint density at radius 3 is 2.83 bits per heavy atom. The summed E-state index contributed by atoms with van der Waals surface area (Å²) in [5, 5.41) is 4.24. The lowest BCUT2D eigenvalue weighted by atomic mass is 9.96. The van der Waals surface area contributed by atoms with Crippen molar-refractivity contribution in [2.24, 2.45) is 5.92 Å². The number of aromatic amines is 1. The molecule has 0 bridgehead atoms. The Bertz CT molecular complexity index is 1100. The van der Waals surface area contributed by atoms with Gasteiger partial charge in [-0.2, -0.15) is 18.2 Å². The van der Waals surface area contributed by atoms with E-state index >= 15 is 0 Å². The SMILES string of the molecule is COc1nc(NCC2C=CC(C(F)(F)F)=CC2)ccc1Cc1c[nH]c2ncccc12. The second-order valence-corrected chi connectivity index (χ2v) is 7.15. The zero-order valence-electron chi connectivity index (χ0n) is 16.3. The lowest BCUT2D eigenvalue weighted by Gasteiger charge is -2.19. The van der Waals surface area contributed by atoms with Gasteiger partial charge in [0.25, 0.3) is 0 Å². The van der Waals surface area contributed by atoms with Crippen LogP contribution in [-0.2, 0) is 6.42 Å². The number of halogens is 3. The van der Waals surface area contributed by atoms with Crippen molar-refractivity contribution in [3.8, 4) is 5.88 Å². The summed E-state index contributed by atoms with van der Waals surface area (Å²) in [5.41, 5.74) is 2.28. The first-order chi connectivity index (χ1) is 14.4. The predicted octanol–water partition coefficient (Wildman–Crippen LogP) is 5.03. The molecule has 3 aromatic rings. The average molecular weight is 414 g/mol. The molecule has 0 saturated carbocycles. The minimum atomic E-state index is -4.29. The largest absolute Gasteiger partial charge is 0.481 e. The summed E-state index contributed by atoms with van der Waals surface area (Å²) in [5.74, 6) is 1.11. The van der Waals surface area contributed by atoms with Gasteiger partial charge in [-0.15, -0.1) is 0 Å². The van der Waals surface area contributed by atoms with Crippen LogP contribution in [0.15, 0.2) is 60.5 Å². The molecule has 3 aromatic heterocycles. The fourth-order valence-corrected chi connectivity index (χ4v) is 3.51. The monoisotopic (exact) mass is 414 g/mol. The number of H-pyrrole nitrogens is 1. The summed E-state index contributed by atoms with van der Waals surface area (Å²) in [4.78, 5) is 12.0. The lowest BCUT2D eigenvalue weighted by molar-refractivity contribution is -0.0887. The van der Waals surface area contributed by atoms with E-state index in [9.17, 15) is 13.2 Å². The van der Waals surface area contributed by atoms with Crippen LogP contribution in [0.1, 0.15) is 17.5 Å². The van der Waals surface area contributed by atoms with Crippen molar-refractivity contribution in [3.63, 3.8) is 0 Å². The van der Waals surface area contributed by atoms with Crippen LogP contribution in [0.4, 0.5) is 19.0 Å². The first kappa shape index (κ1) is 20.0. The maximum absolute atomic E-state index is 12.7. The van der Waals surface area contributed by atoms with Crippen LogP contribution in [0.5, 0.6) is 5.88 Å². The third-order valence-corrected chi connectivity index (χ3v) is 5.11. The van der Waals surface area contributed by atoms with Gasteiger partial charge in [0, 0.05) is 36.3 Å². The molecule has 1 aliphatic rings. The quantitative estimate of drug-likeness (QED) is 0.594. The minimum Gasteiger partial charge on any atom is -0.481 e. The molecule has 1 atom stereocenters. The number of alkyl halides is 3. The van der Waals surface area contributed by atoms with Crippen molar-refractivity contribution >= 4 is 16.9 Å². The van der Waals surface area contributed by atoms with Gasteiger partial charge >= 0.3 is 6.18 Å². The van der Waals surface area contributed by atoms with Gasteiger partial charge in [0.2, 0.25) is 5.88 Å². The Morgan fingerprint density at radius 1 is 1.23 bits per heavy atom. The standard InChI is InChI=1S/C22H21F3N4O/c1-30-21-15(11-16-13-28-20-18(16)3-2-10-26-20)6-9-19(29-21)27-12-14-4-7-17(8-5-14)22(23,24)25/h2-4,6-10,13-14H,5,11-12H2,1H3,(H,26,28)(H,27,29). The number of aromatic nitrogens is 3. The molecule has 1 aliphatic carbocycles. The van der Waals surface area contributed by atoms with Crippen LogP contribution in [0.3, 0.4) is 0 Å². The number of hydrogen-bond acceptors (Lipinski definition) is 4. The van der Waals surface area contributed by atoms with Gasteiger partial charge in [-0.25, -0.2) is 4.98 Å². The van der Waals surface area contributed by atoms with Gasteiger partial charge < -0.3 is 15.0 Å². The van der Waals surface area contributed by atoms with E-state index in [1.807, 2.05) is 30.5 Å². The number of rotatable bonds is 6. The minimum absolute atomic E-state index is 0.0257. The second kappa shape index (κ2) is 8.22. The van der Waals surface area contributed by atoms with Gasteiger partial charge in [-0.3, -0.25) is 0 Å². The van der Waals surface area contributed by atoms with E-state index in [0.29, 0.717) is 31.1 Å². The summed E-state index contributed by atoms with van der Waals surface area (Å²) >= 11 is 0. The van der Waals surface area contributed by atoms with E-state index in [4.69, 9.17) is 4.74 Å². The fraction of sp³-hybridized carbons (Fsp3) is 0.273. The maximum Gasteiger partial charge on any atom is 0.416 e. The molecule has 5 nitrogen and oxygen atoms in total.